The molecule has 2 heteroatoms. The maximum absolute atomic E-state index is 4.25. The fraction of sp³-hybridized carbons (Fsp3) is 1.00. The molecule has 0 aromatic heterocycles. The van der Waals surface area contributed by atoms with E-state index < -0.39 is 0 Å². The first-order valence-corrected chi connectivity index (χ1v) is 5.28. The molecule has 0 atom stereocenters. The molecule has 0 amide bonds. The molecule has 0 bridgehead atoms. The summed E-state index contributed by atoms with van der Waals surface area (Å²) < 4.78 is 4.25. The van der Waals surface area contributed by atoms with Crippen LogP contribution in [0, 0.1) is 0 Å². The van der Waals surface area contributed by atoms with E-state index in [4.69, 9.17) is 0 Å². The zero-order valence-corrected chi connectivity index (χ0v) is 8.14. The first-order chi connectivity index (χ1) is 3.83. The molecule has 0 spiro atoms. The predicted octanol–water partition coefficient (Wildman–Crippen LogP) is 2.08. The number of rotatable bonds is 0. The van der Waals surface area contributed by atoms with Gasteiger partial charge in [0.25, 0.3) is 0 Å². The third-order valence-corrected chi connectivity index (χ3v) is 0. The molecule has 8 heavy (non-hydrogen) atoms. The molecule has 0 unspecified atom stereocenters. The molecule has 0 N–H and O–H groups in total. The minimum absolute atomic E-state index is 0.750. The standard InChI is InChI=1S/C2H6O.C2H6.2CH3.Al/c1-3-2;1-2;;;/h1-2H3;1-2H3;2*1H3;. The van der Waals surface area contributed by atoms with E-state index in [1.165, 1.54) is 0 Å². The van der Waals surface area contributed by atoms with Crippen molar-refractivity contribution in [1.82, 2.24) is 0 Å². The number of hydrogen-bond acceptors (Lipinski definition) is 1. The van der Waals surface area contributed by atoms with E-state index in [2.05, 4.69) is 16.3 Å². The van der Waals surface area contributed by atoms with Crippen LogP contribution < -0.4 is 0 Å². The Bertz CT molecular complexity index is 10.5. The van der Waals surface area contributed by atoms with Crippen molar-refractivity contribution in [2.45, 2.75) is 25.4 Å². The highest BCUT2D eigenvalue weighted by atomic mass is 27.1. The fourth-order valence-electron chi connectivity index (χ4n) is 0. The highest BCUT2D eigenvalue weighted by molar-refractivity contribution is 6.31. The summed E-state index contributed by atoms with van der Waals surface area (Å²) in [6.07, 6.45) is 0. The van der Waals surface area contributed by atoms with Gasteiger partial charge in [-0.3, -0.25) is 0 Å². The molecule has 0 saturated heterocycles. The molecular formula is C6H18AlO. The van der Waals surface area contributed by atoms with Crippen molar-refractivity contribution in [3.8, 4) is 0 Å². The van der Waals surface area contributed by atoms with E-state index >= 15 is 0 Å². The molecule has 0 aliphatic heterocycles. The molecule has 0 aromatic carbocycles. The maximum atomic E-state index is 4.25. The highest BCUT2D eigenvalue weighted by Gasteiger charge is 1.46. The number of methoxy groups -OCH3 is 1. The van der Waals surface area contributed by atoms with E-state index in [1.807, 2.05) is 13.8 Å². The lowest BCUT2D eigenvalue weighted by Gasteiger charge is -1.61. The topological polar surface area (TPSA) is 9.23 Å². The minimum atomic E-state index is 0.750. The van der Waals surface area contributed by atoms with Crippen LogP contribution in [0.1, 0.15) is 13.8 Å². The Morgan fingerprint density at radius 2 is 1.00 bits per heavy atom. The van der Waals surface area contributed by atoms with Gasteiger partial charge in [0, 0.05) is 14.2 Å². The Kier molecular flexibility index (Phi) is 100. The normalized spacial score (nSPS) is 4.75. The van der Waals surface area contributed by atoms with Crippen LogP contribution in [0.2, 0.25) is 11.6 Å². The van der Waals surface area contributed by atoms with Crippen LogP contribution in [0.4, 0.5) is 0 Å². The summed E-state index contributed by atoms with van der Waals surface area (Å²) in [5, 5.41) is 0. The van der Waals surface area contributed by atoms with Gasteiger partial charge in [-0.1, -0.05) is 13.8 Å². The van der Waals surface area contributed by atoms with E-state index in [0.717, 1.165) is 15.2 Å². The Hall–Kier alpha value is 0.492. The van der Waals surface area contributed by atoms with Crippen molar-refractivity contribution in [3.63, 3.8) is 0 Å². The Labute approximate surface area is 60.1 Å². The number of hydrogen-bond donors (Lipinski definition) is 0. The zero-order valence-electron chi connectivity index (χ0n) is 6.99. The van der Waals surface area contributed by atoms with Gasteiger partial charge in [0.05, 0.1) is 0 Å². The third-order valence-electron chi connectivity index (χ3n) is 0. The van der Waals surface area contributed by atoms with Gasteiger partial charge < -0.3 is 4.74 Å². The molecule has 51 valence electrons. The molecule has 0 aliphatic carbocycles. The van der Waals surface area contributed by atoms with Gasteiger partial charge in [-0.15, -0.1) is 11.6 Å². The summed E-state index contributed by atoms with van der Waals surface area (Å²) >= 11 is 0.750. The summed E-state index contributed by atoms with van der Waals surface area (Å²) in [4.78, 5) is 0. The first kappa shape index (κ1) is 15.8. The van der Waals surface area contributed by atoms with Crippen LogP contribution in [-0.2, 0) is 4.74 Å². The van der Waals surface area contributed by atoms with Crippen molar-refractivity contribution < 1.29 is 4.74 Å². The van der Waals surface area contributed by atoms with Crippen LogP contribution in [0.5, 0.6) is 0 Å². The van der Waals surface area contributed by atoms with Crippen LogP contribution in [-0.4, -0.2) is 29.4 Å². The van der Waals surface area contributed by atoms with Crippen molar-refractivity contribution in [3.05, 3.63) is 0 Å². The summed E-state index contributed by atoms with van der Waals surface area (Å²) in [5.41, 5.74) is 0. The molecule has 0 aliphatic rings. The monoisotopic (exact) mass is 133 g/mol. The van der Waals surface area contributed by atoms with Gasteiger partial charge in [-0.25, -0.2) is 0 Å². The minimum Gasteiger partial charge on any atom is -0.388 e. The van der Waals surface area contributed by atoms with Crippen LogP contribution in [0.15, 0.2) is 0 Å². The molecule has 0 aromatic rings. The van der Waals surface area contributed by atoms with Crippen molar-refractivity contribution in [2.24, 2.45) is 0 Å². The average Bonchev–Trinajstić information content (AvgIpc) is 1.75. The van der Waals surface area contributed by atoms with Crippen LogP contribution in [0.25, 0.3) is 0 Å². The van der Waals surface area contributed by atoms with Gasteiger partial charge in [0.1, 0.15) is 0 Å². The molecule has 1 nitrogen and oxygen atoms in total. The van der Waals surface area contributed by atoms with Gasteiger partial charge in [-0.2, -0.15) is 0 Å². The van der Waals surface area contributed by atoms with E-state index in [-0.39, 0.29) is 0 Å². The van der Waals surface area contributed by atoms with Crippen molar-refractivity contribution in [2.75, 3.05) is 14.2 Å². The summed E-state index contributed by atoms with van der Waals surface area (Å²) in [6, 6.07) is 0. The van der Waals surface area contributed by atoms with Crippen LogP contribution >= 0.6 is 0 Å². The second kappa shape index (κ2) is 50.8. The van der Waals surface area contributed by atoms with Crippen molar-refractivity contribution in [1.29, 1.82) is 0 Å². The average molecular weight is 133 g/mol. The third kappa shape index (κ3) is 808. The predicted molar refractivity (Wildman–Crippen MR) is 41.8 cm³/mol. The second-order valence-corrected chi connectivity index (χ2v) is 2.14. The van der Waals surface area contributed by atoms with E-state index in [0.29, 0.717) is 0 Å². The molecular weight excluding hydrogens is 115 g/mol. The Morgan fingerprint density at radius 3 is 1.00 bits per heavy atom. The van der Waals surface area contributed by atoms with Gasteiger partial charge in [-0.05, 0) is 0 Å². The Balaban J connectivity index is -0.0000000483. The lowest BCUT2D eigenvalue weighted by Crippen LogP contribution is -1.55. The molecule has 0 rings (SSSR count). The molecule has 0 heterocycles. The fourth-order valence-corrected chi connectivity index (χ4v) is 0. The van der Waals surface area contributed by atoms with Gasteiger partial charge >= 0.3 is 0 Å². The van der Waals surface area contributed by atoms with Crippen LogP contribution in [0.3, 0.4) is 0 Å². The molecule has 0 fully saturated rings. The van der Waals surface area contributed by atoms with Gasteiger partial charge in [0.2, 0.25) is 0 Å². The summed E-state index contributed by atoms with van der Waals surface area (Å²) in [7, 11) is 3.25. The first-order valence-electron chi connectivity index (χ1n) is 2.97. The van der Waals surface area contributed by atoms with E-state index in [1.54, 1.807) is 14.2 Å². The highest BCUT2D eigenvalue weighted by Crippen LogP contribution is 1.36. The largest absolute Gasteiger partial charge is 0.388 e. The molecule has 0 saturated carbocycles. The smallest absolute Gasteiger partial charge is 0.191 e. The Morgan fingerprint density at radius 1 is 1.00 bits per heavy atom. The van der Waals surface area contributed by atoms with Gasteiger partial charge in [0.15, 0.2) is 15.2 Å². The zero-order chi connectivity index (χ0) is 7.41. The summed E-state index contributed by atoms with van der Waals surface area (Å²) in [6.45, 7) is 4.00. The maximum Gasteiger partial charge on any atom is 0.191 e. The SMILES string of the molecule is CC.COC.[CH3][Al][CH3]. The lowest BCUT2D eigenvalue weighted by atomic mass is 11.0. The second-order valence-electron chi connectivity index (χ2n) is 0.986. The lowest BCUT2D eigenvalue weighted by molar-refractivity contribution is 0.277. The van der Waals surface area contributed by atoms with Crippen molar-refractivity contribution >= 4 is 15.2 Å². The molecule has 1 radical (unpaired) electrons. The summed E-state index contributed by atoms with van der Waals surface area (Å²) in [5.74, 6) is 4.42. The quantitative estimate of drug-likeness (QED) is 0.460. The van der Waals surface area contributed by atoms with E-state index in [9.17, 15) is 0 Å². The number of ether oxygens (including phenoxy) is 1.